The second kappa shape index (κ2) is 9.40. The summed E-state index contributed by atoms with van der Waals surface area (Å²) in [6, 6.07) is 0. The van der Waals surface area contributed by atoms with Gasteiger partial charge in [0.2, 0.25) is 5.91 Å². The Kier molecular flexibility index (Phi) is 7.23. The van der Waals surface area contributed by atoms with E-state index in [9.17, 15) is 23.4 Å². The number of aliphatic hydroxyl groups excluding tert-OH is 2. The molecule has 0 saturated heterocycles. The number of amides is 1. The number of carbonyl (C=O) groups excluding carboxylic acids is 1. The molecule has 4 aliphatic carbocycles. The Labute approximate surface area is 198 Å². The highest BCUT2D eigenvalue weighted by Crippen LogP contribution is 2.65. The van der Waals surface area contributed by atoms with Gasteiger partial charge in [-0.1, -0.05) is 20.8 Å². The highest BCUT2D eigenvalue weighted by atomic mass is 32.2. The van der Waals surface area contributed by atoms with Crippen molar-refractivity contribution < 1.29 is 28.0 Å². The van der Waals surface area contributed by atoms with Crippen LogP contribution in [0.1, 0.15) is 72.1 Å². The number of fused-ring (bicyclic) bond motifs is 5. The van der Waals surface area contributed by atoms with E-state index in [0.717, 1.165) is 44.9 Å². The fourth-order valence-electron chi connectivity index (χ4n) is 8.85. The number of hydrogen-bond acceptors (Lipinski definition) is 5. The molecule has 0 aliphatic heterocycles. The molecule has 0 unspecified atom stereocenters. The fourth-order valence-corrected chi connectivity index (χ4v) is 9.21. The normalized spacial score (nSPS) is 46.1. The van der Waals surface area contributed by atoms with Gasteiger partial charge in [0.15, 0.2) is 0 Å². The van der Waals surface area contributed by atoms with Crippen LogP contribution in [0.4, 0.5) is 0 Å². The average Bonchev–Trinajstić information content (AvgIpc) is 3.15. The molecule has 8 heteroatoms. The van der Waals surface area contributed by atoms with Gasteiger partial charge in [-0.25, -0.2) is 0 Å². The molecule has 0 heterocycles. The largest absolute Gasteiger partial charge is 0.393 e. The van der Waals surface area contributed by atoms with E-state index in [1.165, 1.54) is 0 Å². The second-order valence-electron chi connectivity index (χ2n) is 12.1. The lowest BCUT2D eigenvalue weighted by molar-refractivity contribution is -0.169. The third kappa shape index (κ3) is 5.00. The summed E-state index contributed by atoms with van der Waals surface area (Å²) in [4.78, 5) is 12.4. The van der Waals surface area contributed by atoms with Crippen LogP contribution in [-0.4, -0.2) is 53.6 Å². The molecule has 0 spiro atoms. The minimum Gasteiger partial charge on any atom is -0.393 e. The topological polar surface area (TPSA) is 124 Å². The van der Waals surface area contributed by atoms with Crippen LogP contribution in [0, 0.1) is 52.8 Å². The van der Waals surface area contributed by atoms with Gasteiger partial charge in [0.05, 0.1) is 18.0 Å². The monoisotopic (exact) mass is 485 g/mol. The highest BCUT2D eigenvalue weighted by Gasteiger charge is 2.60. The van der Waals surface area contributed by atoms with Crippen molar-refractivity contribution in [3.8, 4) is 0 Å². The third-order valence-electron chi connectivity index (χ3n) is 10.3. The van der Waals surface area contributed by atoms with Gasteiger partial charge in [0, 0.05) is 13.0 Å². The standard InChI is InChI=1S/C25H43NO6S/c1-14(11-22(29)26-8-9-33(30,31)32)18-4-5-19-23(18)15(2)10-20-24(19)21(28)13-16-12-17(27)6-7-25(16,20)3/h14-21,23-24,27-28H,4-13H2,1-3H3,(H,26,29)(H,30,31,32)/t14-,15-,16+,17-,18+,19-,20+,21-,23-,24+,25+/m1/s1. The van der Waals surface area contributed by atoms with Gasteiger partial charge in [-0.2, -0.15) is 8.42 Å². The Morgan fingerprint density at radius 3 is 2.55 bits per heavy atom. The van der Waals surface area contributed by atoms with Crippen LogP contribution in [0.25, 0.3) is 0 Å². The summed E-state index contributed by atoms with van der Waals surface area (Å²) < 4.78 is 30.6. The van der Waals surface area contributed by atoms with E-state index < -0.39 is 15.9 Å². The van der Waals surface area contributed by atoms with Crippen molar-refractivity contribution in [2.75, 3.05) is 12.3 Å². The molecule has 7 nitrogen and oxygen atoms in total. The van der Waals surface area contributed by atoms with Crippen LogP contribution >= 0.6 is 0 Å². The minimum atomic E-state index is -4.07. The Bertz CT molecular complexity index is 833. The third-order valence-corrected chi connectivity index (χ3v) is 11.0. The lowest BCUT2D eigenvalue weighted by Crippen LogP contribution is -2.58. The van der Waals surface area contributed by atoms with Gasteiger partial charge in [-0.3, -0.25) is 9.35 Å². The zero-order chi connectivity index (χ0) is 24.1. The van der Waals surface area contributed by atoms with E-state index in [-0.39, 0.29) is 36.0 Å². The molecule has 0 aromatic heterocycles. The van der Waals surface area contributed by atoms with Crippen LogP contribution in [0.5, 0.6) is 0 Å². The molecule has 4 saturated carbocycles. The lowest BCUT2D eigenvalue weighted by atomic mass is 9.44. The molecule has 0 aromatic carbocycles. The molecular weight excluding hydrogens is 442 g/mol. The van der Waals surface area contributed by atoms with Gasteiger partial charge < -0.3 is 15.5 Å². The number of aliphatic hydroxyl groups is 2. The number of hydrogen-bond donors (Lipinski definition) is 4. The molecule has 4 N–H and O–H groups in total. The van der Waals surface area contributed by atoms with Gasteiger partial charge >= 0.3 is 0 Å². The molecule has 1 amide bonds. The first kappa shape index (κ1) is 25.4. The van der Waals surface area contributed by atoms with Crippen molar-refractivity contribution in [2.45, 2.75) is 84.3 Å². The Hall–Kier alpha value is -0.700. The predicted octanol–water partition coefficient (Wildman–Crippen LogP) is 2.86. The van der Waals surface area contributed by atoms with E-state index in [0.29, 0.717) is 47.8 Å². The molecule has 0 aromatic rings. The van der Waals surface area contributed by atoms with Crippen LogP contribution in [0.2, 0.25) is 0 Å². The maximum Gasteiger partial charge on any atom is 0.266 e. The van der Waals surface area contributed by atoms with Crippen molar-refractivity contribution in [3.05, 3.63) is 0 Å². The van der Waals surface area contributed by atoms with Crippen molar-refractivity contribution in [1.82, 2.24) is 5.32 Å². The van der Waals surface area contributed by atoms with E-state index >= 15 is 0 Å². The van der Waals surface area contributed by atoms with Crippen molar-refractivity contribution in [3.63, 3.8) is 0 Å². The van der Waals surface area contributed by atoms with Gasteiger partial charge in [0.1, 0.15) is 0 Å². The SMILES string of the molecule is C[C@H](CC(=O)NCCS(=O)(=O)O)[C@@H]1CC[C@@H]2[C@@H]1[C@H](C)C[C@H]1[C@H]2[C@H](O)C[C@@H]2C[C@H](O)CC[C@@]21C. The first-order valence-electron chi connectivity index (χ1n) is 13.0. The zero-order valence-electron chi connectivity index (χ0n) is 20.3. The summed E-state index contributed by atoms with van der Waals surface area (Å²) in [5, 5.41) is 24.2. The Morgan fingerprint density at radius 2 is 1.85 bits per heavy atom. The van der Waals surface area contributed by atoms with Gasteiger partial charge in [-0.15, -0.1) is 0 Å². The summed E-state index contributed by atoms with van der Waals surface area (Å²) in [5.74, 6) is 2.79. The molecule has 33 heavy (non-hydrogen) atoms. The quantitative estimate of drug-likeness (QED) is 0.429. The summed E-state index contributed by atoms with van der Waals surface area (Å²) in [7, 11) is -4.07. The molecule has 0 radical (unpaired) electrons. The second-order valence-corrected chi connectivity index (χ2v) is 13.7. The summed E-state index contributed by atoms with van der Waals surface area (Å²) >= 11 is 0. The number of carbonyl (C=O) groups is 1. The maximum absolute atomic E-state index is 12.4. The van der Waals surface area contributed by atoms with Crippen LogP contribution < -0.4 is 5.32 Å². The molecule has 0 bridgehead atoms. The van der Waals surface area contributed by atoms with Crippen molar-refractivity contribution in [1.29, 1.82) is 0 Å². The van der Waals surface area contributed by atoms with Crippen LogP contribution in [0.3, 0.4) is 0 Å². The zero-order valence-corrected chi connectivity index (χ0v) is 21.1. The molecule has 4 fully saturated rings. The smallest absolute Gasteiger partial charge is 0.266 e. The summed E-state index contributed by atoms with van der Waals surface area (Å²) in [6.45, 7) is 6.85. The average molecular weight is 486 g/mol. The van der Waals surface area contributed by atoms with Crippen molar-refractivity contribution in [2.24, 2.45) is 52.8 Å². The van der Waals surface area contributed by atoms with E-state index in [4.69, 9.17) is 4.55 Å². The van der Waals surface area contributed by atoms with E-state index in [1.54, 1.807) is 0 Å². The highest BCUT2D eigenvalue weighted by molar-refractivity contribution is 7.85. The number of nitrogens with one attached hydrogen (secondary N) is 1. The van der Waals surface area contributed by atoms with Crippen molar-refractivity contribution >= 4 is 16.0 Å². The van der Waals surface area contributed by atoms with E-state index in [1.807, 2.05) is 0 Å². The first-order valence-corrected chi connectivity index (χ1v) is 14.6. The maximum atomic E-state index is 12.4. The van der Waals surface area contributed by atoms with E-state index in [2.05, 4.69) is 26.1 Å². The van der Waals surface area contributed by atoms with Gasteiger partial charge in [-0.05, 0) is 97.7 Å². The summed E-state index contributed by atoms with van der Waals surface area (Å²) in [6.07, 6.45) is 6.72. The molecule has 4 aliphatic rings. The van der Waals surface area contributed by atoms with Gasteiger partial charge in [0.25, 0.3) is 10.1 Å². The molecule has 11 atom stereocenters. The summed E-state index contributed by atoms with van der Waals surface area (Å²) in [5.41, 5.74) is 0.207. The molecule has 4 rings (SSSR count). The first-order chi connectivity index (χ1) is 15.4. The Balaban J connectivity index is 1.43. The van der Waals surface area contributed by atoms with Crippen LogP contribution in [0.15, 0.2) is 0 Å². The molecule has 190 valence electrons. The lowest BCUT2D eigenvalue weighted by Gasteiger charge is -2.61. The minimum absolute atomic E-state index is 0.0676. The predicted molar refractivity (Wildman–Crippen MR) is 126 cm³/mol. The number of rotatable bonds is 6. The van der Waals surface area contributed by atoms with Crippen LogP contribution in [-0.2, 0) is 14.9 Å². The Morgan fingerprint density at radius 1 is 1.12 bits per heavy atom. The fraction of sp³-hybridized carbons (Fsp3) is 0.960. The molecular formula is C25H43NO6S.